The van der Waals surface area contributed by atoms with Gasteiger partial charge in [0.15, 0.2) is 12.7 Å². The highest BCUT2D eigenvalue weighted by Gasteiger charge is 2.23. The van der Waals surface area contributed by atoms with Crippen LogP contribution in [0.15, 0.2) is 48.5 Å². The molecule has 0 radical (unpaired) electrons. The number of halogens is 3. The fraction of sp³-hybridized carbons (Fsp3) is 0.435. The first-order valence-corrected chi connectivity index (χ1v) is 10.5. The summed E-state index contributed by atoms with van der Waals surface area (Å²) >= 11 is 5.82. The number of carbonyl (C=O) groups is 1. The summed E-state index contributed by atoms with van der Waals surface area (Å²) in [6.45, 7) is 3.00. The lowest BCUT2D eigenvalue weighted by molar-refractivity contribution is -0.360. The van der Waals surface area contributed by atoms with Gasteiger partial charge in [0.2, 0.25) is 0 Å². The molecular weight excluding hydrogens is 428 g/mol. The van der Waals surface area contributed by atoms with E-state index in [0.29, 0.717) is 11.5 Å². The predicted octanol–water partition coefficient (Wildman–Crippen LogP) is 3.47. The molecule has 8 heteroatoms. The van der Waals surface area contributed by atoms with Gasteiger partial charge in [-0.15, -0.1) is 11.6 Å². The van der Waals surface area contributed by atoms with Crippen LogP contribution in [0.4, 0.5) is 8.78 Å². The van der Waals surface area contributed by atoms with E-state index in [2.05, 4.69) is 19.6 Å². The maximum Gasteiger partial charge on any atom is 0.361 e. The van der Waals surface area contributed by atoms with Gasteiger partial charge in [-0.25, -0.2) is 13.6 Å². The van der Waals surface area contributed by atoms with Crippen molar-refractivity contribution in [1.82, 2.24) is 0 Å². The molecule has 2 aromatic carbocycles. The molecule has 2 atom stereocenters. The first kappa shape index (κ1) is 24.9. The number of hydrogen-bond donors (Lipinski definition) is 1. The molecule has 0 heterocycles. The molecule has 31 heavy (non-hydrogen) atoms. The van der Waals surface area contributed by atoms with E-state index in [9.17, 15) is 13.6 Å². The van der Waals surface area contributed by atoms with Crippen LogP contribution in [0.1, 0.15) is 25.0 Å². The van der Waals surface area contributed by atoms with Gasteiger partial charge in [0.1, 0.15) is 37.5 Å². The average Bonchev–Trinajstić information content (AvgIpc) is 2.80. The Bertz CT molecular complexity index is 815. The van der Waals surface area contributed by atoms with E-state index in [1.165, 1.54) is 0 Å². The summed E-state index contributed by atoms with van der Waals surface area (Å²) < 4.78 is 41.3. The van der Waals surface area contributed by atoms with Crippen molar-refractivity contribution >= 4 is 17.6 Å². The maximum atomic E-state index is 13.0. The summed E-state index contributed by atoms with van der Waals surface area (Å²) in [5.74, 6) is 0.844. The van der Waals surface area contributed by atoms with Crippen molar-refractivity contribution < 1.29 is 33.5 Å². The lowest BCUT2D eigenvalue weighted by atomic mass is 9.78. The van der Waals surface area contributed by atoms with Crippen LogP contribution in [-0.2, 0) is 14.9 Å². The standard InChI is InChI=1S/C23H28ClF2NO4/c1-23(2,16-3-7-19(8-4-16)29-14-18(26)12-25)17-5-9-20(10-6-17)30-15-21(11-24)31-22(28)13-27/h3-10,18,21H,11-15,27H2,1-2H3/p+1. The molecule has 0 saturated heterocycles. The summed E-state index contributed by atoms with van der Waals surface area (Å²) in [5.41, 5.74) is 5.28. The SMILES string of the molecule is CC(C)(c1ccc(OCC(F)CF)cc1)c1ccc(OCC(CCl)OC(=O)C[NH3+])cc1. The molecule has 0 bridgehead atoms. The maximum absolute atomic E-state index is 13.0. The second-order valence-electron chi connectivity index (χ2n) is 7.56. The lowest BCUT2D eigenvalue weighted by Gasteiger charge is -2.26. The number of ether oxygens (including phenoxy) is 3. The molecule has 0 fully saturated rings. The van der Waals surface area contributed by atoms with E-state index in [1.807, 2.05) is 36.4 Å². The Hall–Kier alpha value is -2.38. The number of quaternary nitrogens is 1. The minimum absolute atomic E-state index is 0.0399. The third kappa shape index (κ3) is 7.36. The number of hydrogen-bond acceptors (Lipinski definition) is 4. The van der Waals surface area contributed by atoms with Crippen LogP contribution in [-0.4, -0.2) is 50.6 Å². The van der Waals surface area contributed by atoms with E-state index in [-0.39, 0.29) is 31.1 Å². The minimum atomic E-state index is -1.62. The van der Waals surface area contributed by atoms with Crippen molar-refractivity contribution in [2.45, 2.75) is 31.5 Å². The third-order valence-corrected chi connectivity index (χ3v) is 5.20. The molecule has 5 nitrogen and oxygen atoms in total. The molecule has 0 aliphatic carbocycles. The highest BCUT2D eigenvalue weighted by atomic mass is 35.5. The van der Waals surface area contributed by atoms with Gasteiger partial charge in [-0.1, -0.05) is 38.1 Å². The topological polar surface area (TPSA) is 72.4 Å². The van der Waals surface area contributed by atoms with Gasteiger partial charge in [-0.05, 0) is 35.4 Å². The van der Waals surface area contributed by atoms with Crippen molar-refractivity contribution in [1.29, 1.82) is 0 Å². The number of carbonyl (C=O) groups excluding carboxylic acids is 1. The van der Waals surface area contributed by atoms with Crippen molar-refractivity contribution in [2.75, 3.05) is 32.3 Å². The normalized spacial score (nSPS) is 13.4. The van der Waals surface area contributed by atoms with Gasteiger partial charge >= 0.3 is 5.97 Å². The molecule has 0 spiro atoms. The molecule has 0 saturated carbocycles. The fourth-order valence-electron chi connectivity index (χ4n) is 2.88. The van der Waals surface area contributed by atoms with E-state index < -0.39 is 24.9 Å². The van der Waals surface area contributed by atoms with Gasteiger partial charge in [0, 0.05) is 5.41 Å². The highest BCUT2D eigenvalue weighted by molar-refractivity contribution is 6.18. The summed E-state index contributed by atoms with van der Waals surface area (Å²) in [6, 6.07) is 14.9. The first-order valence-electron chi connectivity index (χ1n) is 10.0. The second kappa shape index (κ2) is 11.9. The van der Waals surface area contributed by atoms with Crippen LogP contribution in [0.2, 0.25) is 0 Å². The van der Waals surface area contributed by atoms with E-state index in [1.54, 1.807) is 12.1 Å². The quantitative estimate of drug-likeness (QED) is 0.392. The van der Waals surface area contributed by atoms with Gasteiger partial charge in [0.05, 0.1) is 5.88 Å². The fourth-order valence-corrected chi connectivity index (χ4v) is 3.03. The number of rotatable bonds is 12. The molecule has 2 aromatic rings. The molecule has 0 aliphatic rings. The number of alkyl halides is 3. The number of benzene rings is 2. The highest BCUT2D eigenvalue weighted by Crippen LogP contribution is 2.33. The molecule has 170 valence electrons. The van der Waals surface area contributed by atoms with Crippen LogP contribution in [0.5, 0.6) is 11.5 Å². The Morgan fingerprint density at radius 3 is 1.90 bits per heavy atom. The molecule has 0 amide bonds. The van der Waals surface area contributed by atoms with Gasteiger partial charge in [-0.2, -0.15) is 0 Å². The Morgan fingerprint density at radius 2 is 1.48 bits per heavy atom. The summed E-state index contributed by atoms with van der Waals surface area (Å²) in [7, 11) is 0. The molecule has 0 aromatic heterocycles. The zero-order chi connectivity index (χ0) is 22.9. The van der Waals surface area contributed by atoms with Crippen LogP contribution in [0.3, 0.4) is 0 Å². The predicted molar refractivity (Wildman–Crippen MR) is 115 cm³/mol. The van der Waals surface area contributed by atoms with Gasteiger partial charge in [-0.3, -0.25) is 0 Å². The van der Waals surface area contributed by atoms with Gasteiger partial charge < -0.3 is 19.9 Å². The van der Waals surface area contributed by atoms with E-state index in [0.717, 1.165) is 11.1 Å². The molecule has 2 rings (SSSR count). The van der Waals surface area contributed by atoms with Crippen LogP contribution >= 0.6 is 11.6 Å². The number of esters is 1. The Morgan fingerprint density at radius 1 is 1.00 bits per heavy atom. The van der Waals surface area contributed by atoms with Crippen LogP contribution in [0, 0.1) is 0 Å². The van der Waals surface area contributed by atoms with E-state index >= 15 is 0 Å². The monoisotopic (exact) mass is 456 g/mol. The van der Waals surface area contributed by atoms with Crippen molar-refractivity contribution in [2.24, 2.45) is 0 Å². The first-order chi connectivity index (χ1) is 14.8. The summed E-state index contributed by atoms with van der Waals surface area (Å²) in [4.78, 5) is 11.3. The Balaban J connectivity index is 1.99. The zero-order valence-corrected chi connectivity index (χ0v) is 18.5. The molecule has 2 unspecified atom stereocenters. The smallest absolute Gasteiger partial charge is 0.361 e. The van der Waals surface area contributed by atoms with Crippen molar-refractivity contribution in [3.05, 3.63) is 59.7 Å². The third-order valence-electron chi connectivity index (χ3n) is 4.86. The molecule has 3 N–H and O–H groups in total. The van der Waals surface area contributed by atoms with E-state index in [4.69, 9.17) is 25.8 Å². The Labute approximate surface area is 186 Å². The summed E-state index contributed by atoms with van der Waals surface area (Å²) in [5, 5.41) is 0. The minimum Gasteiger partial charge on any atom is -0.490 e. The van der Waals surface area contributed by atoms with Crippen molar-refractivity contribution in [3.8, 4) is 11.5 Å². The second-order valence-corrected chi connectivity index (χ2v) is 7.87. The zero-order valence-electron chi connectivity index (χ0n) is 17.8. The largest absolute Gasteiger partial charge is 0.490 e. The van der Waals surface area contributed by atoms with Crippen LogP contribution < -0.4 is 15.2 Å². The van der Waals surface area contributed by atoms with Crippen LogP contribution in [0.25, 0.3) is 0 Å². The molecular formula is C23H29ClF2NO4+. The van der Waals surface area contributed by atoms with Gasteiger partial charge in [0.25, 0.3) is 0 Å². The van der Waals surface area contributed by atoms with Crippen molar-refractivity contribution in [3.63, 3.8) is 0 Å². The lowest BCUT2D eigenvalue weighted by Crippen LogP contribution is -2.55. The average molecular weight is 457 g/mol. The molecule has 0 aliphatic heterocycles. The summed E-state index contributed by atoms with van der Waals surface area (Å²) in [6.07, 6.45) is -2.15. The Kier molecular flexibility index (Phi) is 9.52.